The van der Waals surface area contributed by atoms with Crippen molar-refractivity contribution < 1.29 is 9.84 Å². The number of nitrogen functional groups attached to an aromatic ring is 1. The van der Waals surface area contributed by atoms with Gasteiger partial charge in [-0.2, -0.15) is 0 Å². The Morgan fingerprint density at radius 1 is 1.20 bits per heavy atom. The molecule has 0 saturated carbocycles. The van der Waals surface area contributed by atoms with Crippen molar-refractivity contribution in [3.63, 3.8) is 0 Å². The van der Waals surface area contributed by atoms with E-state index in [4.69, 9.17) is 10.5 Å². The van der Waals surface area contributed by atoms with Gasteiger partial charge in [0.25, 0.3) is 0 Å². The van der Waals surface area contributed by atoms with Crippen LogP contribution in [0.15, 0.2) is 48.5 Å². The number of aliphatic hydroxyl groups excluding tert-OH is 1. The van der Waals surface area contributed by atoms with Crippen molar-refractivity contribution in [1.29, 1.82) is 0 Å². The summed E-state index contributed by atoms with van der Waals surface area (Å²) < 4.78 is 5.13. The SMILES string of the molecule is COc1ccc(NC(C)(CO)c2ccccc2)c(N)c1. The molecule has 0 aliphatic carbocycles. The number of nitrogens with two attached hydrogens (primary N) is 1. The van der Waals surface area contributed by atoms with Crippen LogP contribution in [0, 0.1) is 0 Å². The van der Waals surface area contributed by atoms with Crippen LogP contribution in [0.1, 0.15) is 12.5 Å². The van der Waals surface area contributed by atoms with Gasteiger partial charge in [0.15, 0.2) is 0 Å². The van der Waals surface area contributed by atoms with Crippen molar-refractivity contribution in [1.82, 2.24) is 0 Å². The van der Waals surface area contributed by atoms with E-state index in [2.05, 4.69) is 5.32 Å². The molecule has 0 bridgehead atoms. The van der Waals surface area contributed by atoms with Gasteiger partial charge in [-0.05, 0) is 24.6 Å². The zero-order valence-electron chi connectivity index (χ0n) is 11.8. The Kier molecular flexibility index (Phi) is 4.15. The van der Waals surface area contributed by atoms with Crippen LogP contribution in [0.5, 0.6) is 5.75 Å². The fourth-order valence-corrected chi connectivity index (χ4v) is 2.09. The molecular weight excluding hydrogens is 252 g/mol. The molecule has 0 heterocycles. The maximum atomic E-state index is 9.76. The van der Waals surface area contributed by atoms with Gasteiger partial charge in [0.2, 0.25) is 0 Å². The van der Waals surface area contributed by atoms with E-state index < -0.39 is 5.54 Å². The van der Waals surface area contributed by atoms with E-state index in [1.54, 1.807) is 13.2 Å². The van der Waals surface area contributed by atoms with Crippen molar-refractivity contribution in [2.24, 2.45) is 0 Å². The number of hydrogen-bond donors (Lipinski definition) is 3. The summed E-state index contributed by atoms with van der Waals surface area (Å²) in [5, 5.41) is 13.1. The molecule has 0 radical (unpaired) electrons. The molecule has 2 aromatic rings. The summed E-state index contributed by atoms with van der Waals surface area (Å²) in [5.41, 5.74) is 7.77. The van der Waals surface area contributed by atoms with Crippen LogP contribution in [-0.4, -0.2) is 18.8 Å². The van der Waals surface area contributed by atoms with Crippen LogP contribution in [0.3, 0.4) is 0 Å². The molecular formula is C16H20N2O2. The molecule has 2 rings (SSSR count). The number of hydrogen-bond acceptors (Lipinski definition) is 4. The smallest absolute Gasteiger partial charge is 0.121 e. The highest BCUT2D eigenvalue weighted by Gasteiger charge is 2.26. The van der Waals surface area contributed by atoms with Crippen molar-refractivity contribution >= 4 is 11.4 Å². The van der Waals surface area contributed by atoms with Crippen LogP contribution < -0.4 is 15.8 Å². The van der Waals surface area contributed by atoms with Gasteiger partial charge in [-0.1, -0.05) is 30.3 Å². The molecule has 0 aromatic heterocycles. The number of methoxy groups -OCH3 is 1. The van der Waals surface area contributed by atoms with E-state index in [9.17, 15) is 5.11 Å². The lowest BCUT2D eigenvalue weighted by molar-refractivity contribution is 0.224. The quantitative estimate of drug-likeness (QED) is 0.732. The minimum Gasteiger partial charge on any atom is -0.497 e. The van der Waals surface area contributed by atoms with E-state index in [1.807, 2.05) is 49.4 Å². The first-order chi connectivity index (χ1) is 9.59. The second-order valence-electron chi connectivity index (χ2n) is 4.93. The van der Waals surface area contributed by atoms with Gasteiger partial charge in [-0.3, -0.25) is 0 Å². The maximum absolute atomic E-state index is 9.76. The third-order valence-electron chi connectivity index (χ3n) is 3.40. The molecule has 0 saturated heterocycles. The molecule has 4 heteroatoms. The van der Waals surface area contributed by atoms with E-state index in [0.29, 0.717) is 11.4 Å². The highest BCUT2D eigenvalue weighted by Crippen LogP contribution is 2.31. The van der Waals surface area contributed by atoms with Gasteiger partial charge in [-0.15, -0.1) is 0 Å². The fourth-order valence-electron chi connectivity index (χ4n) is 2.09. The first-order valence-electron chi connectivity index (χ1n) is 6.47. The minimum atomic E-state index is -0.593. The Morgan fingerprint density at radius 2 is 1.90 bits per heavy atom. The average Bonchev–Trinajstić information content (AvgIpc) is 2.50. The molecule has 0 fully saturated rings. The van der Waals surface area contributed by atoms with E-state index in [1.165, 1.54) is 0 Å². The predicted octanol–water partition coefficient (Wildman–Crippen LogP) is 2.60. The zero-order chi connectivity index (χ0) is 14.6. The first-order valence-corrected chi connectivity index (χ1v) is 6.47. The molecule has 0 aliphatic heterocycles. The Balaban J connectivity index is 2.31. The molecule has 1 unspecified atom stereocenters. The van der Waals surface area contributed by atoms with Gasteiger partial charge in [0, 0.05) is 6.07 Å². The topological polar surface area (TPSA) is 67.5 Å². The summed E-state index contributed by atoms with van der Waals surface area (Å²) in [5.74, 6) is 0.707. The highest BCUT2D eigenvalue weighted by atomic mass is 16.5. The van der Waals surface area contributed by atoms with Gasteiger partial charge >= 0.3 is 0 Å². The third-order valence-corrected chi connectivity index (χ3v) is 3.40. The molecule has 20 heavy (non-hydrogen) atoms. The monoisotopic (exact) mass is 272 g/mol. The van der Waals surface area contributed by atoms with Crippen LogP contribution >= 0.6 is 0 Å². The minimum absolute atomic E-state index is 0.0392. The first kappa shape index (κ1) is 14.2. The Labute approximate surface area is 119 Å². The highest BCUT2D eigenvalue weighted by molar-refractivity contribution is 5.69. The normalized spacial score (nSPS) is 13.6. The molecule has 1 atom stereocenters. The molecule has 4 nitrogen and oxygen atoms in total. The second-order valence-corrected chi connectivity index (χ2v) is 4.93. The maximum Gasteiger partial charge on any atom is 0.121 e. The van der Waals surface area contributed by atoms with Crippen LogP contribution in [0.4, 0.5) is 11.4 Å². The zero-order valence-corrected chi connectivity index (χ0v) is 11.8. The molecule has 2 aromatic carbocycles. The van der Waals surface area contributed by atoms with Gasteiger partial charge in [-0.25, -0.2) is 0 Å². The Hall–Kier alpha value is -2.20. The van der Waals surface area contributed by atoms with Gasteiger partial charge < -0.3 is 20.9 Å². The number of anilines is 2. The van der Waals surface area contributed by atoms with Crippen molar-refractivity contribution in [3.8, 4) is 5.75 Å². The van der Waals surface area contributed by atoms with Crippen LogP contribution in [0.2, 0.25) is 0 Å². The molecule has 0 aliphatic rings. The lowest BCUT2D eigenvalue weighted by atomic mass is 9.92. The van der Waals surface area contributed by atoms with Crippen molar-refractivity contribution in [2.75, 3.05) is 24.8 Å². The lowest BCUT2D eigenvalue weighted by Gasteiger charge is -2.31. The average molecular weight is 272 g/mol. The van der Waals surface area contributed by atoms with E-state index in [-0.39, 0.29) is 6.61 Å². The standard InChI is InChI=1S/C16H20N2O2/c1-16(11-19,12-6-4-3-5-7-12)18-15-9-8-13(20-2)10-14(15)17/h3-10,18-19H,11,17H2,1-2H3. The number of nitrogens with one attached hydrogen (secondary N) is 1. The Morgan fingerprint density at radius 3 is 2.45 bits per heavy atom. The Bertz CT molecular complexity index is 572. The number of benzene rings is 2. The molecule has 106 valence electrons. The molecule has 4 N–H and O–H groups in total. The van der Waals surface area contributed by atoms with Crippen molar-refractivity contribution in [2.45, 2.75) is 12.5 Å². The summed E-state index contributed by atoms with van der Waals surface area (Å²) in [7, 11) is 1.60. The lowest BCUT2D eigenvalue weighted by Crippen LogP contribution is -2.36. The van der Waals surface area contributed by atoms with Gasteiger partial charge in [0.05, 0.1) is 30.6 Å². The number of ether oxygens (including phenoxy) is 1. The second kappa shape index (κ2) is 5.84. The summed E-state index contributed by atoms with van der Waals surface area (Å²) in [4.78, 5) is 0. The van der Waals surface area contributed by atoms with Crippen molar-refractivity contribution in [3.05, 3.63) is 54.1 Å². The summed E-state index contributed by atoms with van der Waals surface area (Å²) in [6, 6.07) is 15.2. The largest absolute Gasteiger partial charge is 0.497 e. The molecule has 0 spiro atoms. The fraction of sp³-hybridized carbons (Fsp3) is 0.250. The van der Waals surface area contributed by atoms with E-state index in [0.717, 1.165) is 11.3 Å². The van der Waals surface area contributed by atoms with Gasteiger partial charge in [0.1, 0.15) is 5.75 Å². The van der Waals surface area contributed by atoms with E-state index >= 15 is 0 Å². The molecule has 0 amide bonds. The van der Waals surface area contributed by atoms with Crippen LogP contribution in [0.25, 0.3) is 0 Å². The third kappa shape index (κ3) is 2.86. The number of rotatable bonds is 5. The van der Waals surface area contributed by atoms with Crippen LogP contribution in [-0.2, 0) is 5.54 Å². The number of aliphatic hydroxyl groups is 1. The predicted molar refractivity (Wildman–Crippen MR) is 81.9 cm³/mol. The summed E-state index contributed by atoms with van der Waals surface area (Å²) in [6.45, 7) is 1.90. The summed E-state index contributed by atoms with van der Waals surface area (Å²) >= 11 is 0. The summed E-state index contributed by atoms with van der Waals surface area (Å²) in [6.07, 6.45) is 0.